The lowest BCUT2D eigenvalue weighted by Gasteiger charge is -2.15. The molecule has 1 N–H and O–H groups in total. The van der Waals surface area contributed by atoms with Gasteiger partial charge in [0.05, 0.1) is 11.8 Å². The number of aromatic nitrogens is 1. The van der Waals surface area contributed by atoms with E-state index in [0.717, 1.165) is 22.0 Å². The third kappa shape index (κ3) is 5.99. The van der Waals surface area contributed by atoms with E-state index in [1.54, 1.807) is 11.3 Å². The van der Waals surface area contributed by atoms with Crippen LogP contribution < -0.4 is 5.32 Å². The Bertz CT molecular complexity index is 635. The predicted molar refractivity (Wildman–Crippen MR) is 99.1 cm³/mol. The molecular formula is C18H24N2OS2. The van der Waals surface area contributed by atoms with Crippen LogP contribution in [0.3, 0.4) is 0 Å². The summed E-state index contributed by atoms with van der Waals surface area (Å²) in [5.74, 6) is 1.11. The van der Waals surface area contributed by atoms with Crippen molar-refractivity contribution >= 4 is 29.0 Å². The molecule has 0 bridgehead atoms. The van der Waals surface area contributed by atoms with Crippen molar-refractivity contribution < 1.29 is 4.79 Å². The second kappa shape index (κ2) is 8.50. The summed E-state index contributed by atoms with van der Waals surface area (Å²) in [5.41, 5.74) is 3.49. The second-order valence-corrected chi connectivity index (χ2v) is 8.25. The number of aryl methyl sites for hydroxylation is 1. The van der Waals surface area contributed by atoms with Crippen LogP contribution in [0, 0.1) is 12.8 Å². The molecule has 0 saturated heterocycles. The van der Waals surface area contributed by atoms with Crippen molar-refractivity contribution in [1.82, 2.24) is 10.3 Å². The molecule has 0 fully saturated rings. The number of amides is 1. The maximum atomic E-state index is 12.1. The summed E-state index contributed by atoms with van der Waals surface area (Å²) in [6.45, 7) is 8.43. The van der Waals surface area contributed by atoms with Gasteiger partial charge in [0.25, 0.3) is 0 Å². The van der Waals surface area contributed by atoms with E-state index in [4.69, 9.17) is 0 Å². The first-order valence-electron chi connectivity index (χ1n) is 7.87. The molecule has 0 spiro atoms. The van der Waals surface area contributed by atoms with Crippen LogP contribution in [0.25, 0.3) is 0 Å². The molecule has 1 atom stereocenters. The topological polar surface area (TPSA) is 42.0 Å². The Labute approximate surface area is 146 Å². The summed E-state index contributed by atoms with van der Waals surface area (Å²) in [4.78, 5) is 16.4. The molecule has 0 radical (unpaired) electrons. The van der Waals surface area contributed by atoms with Crippen molar-refractivity contribution in [2.75, 3.05) is 5.75 Å². The van der Waals surface area contributed by atoms with Gasteiger partial charge in [-0.25, -0.2) is 4.98 Å². The van der Waals surface area contributed by atoms with Gasteiger partial charge in [-0.2, -0.15) is 0 Å². The monoisotopic (exact) mass is 348 g/mol. The summed E-state index contributed by atoms with van der Waals surface area (Å²) in [6.07, 6.45) is 1.09. The molecular weight excluding hydrogens is 324 g/mol. The van der Waals surface area contributed by atoms with Gasteiger partial charge in [0.15, 0.2) is 4.34 Å². The summed E-state index contributed by atoms with van der Waals surface area (Å²) >= 11 is 3.08. The lowest BCUT2D eigenvalue weighted by atomic mass is 10.00. The lowest BCUT2D eigenvalue weighted by molar-refractivity contribution is -0.119. The van der Waals surface area contributed by atoms with E-state index in [0.29, 0.717) is 11.7 Å². The zero-order chi connectivity index (χ0) is 16.8. The molecule has 0 aliphatic rings. The molecule has 1 amide bonds. The zero-order valence-electron chi connectivity index (χ0n) is 14.1. The number of thiazole rings is 1. The number of hydrogen-bond donors (Lipinski definition) is 1. The minimum absolute atomic E-state index is 0.0224. The van der Waals surface area contributed by atoms with Crippen molar-refractivity contribution in [2.24, 2.45) is 5.92 Å². The fourth-order valence-electron chi connectivity index (χ4n) is 2.31. The molecule has 124 valence electrons. The lowest BCUT2D eigenvalue weighted by Crippen LogP contribution is -2.28. The Morgan fingerprint density at radius 3 is 2.52 bits per heavy atom. The van der Waals surface area contributed by atoms with Crippen molar-refractivity contribution in [1.29, 1.82) is 0 Å². The fourth-order valence-corrected chi connectivity index (χ4v) is 3.97. The van der Waals surface area contributed by atoms with Crippen LogP contribution in [-0.4, -0.2) is 16.6 Å². The second-order valence-electron chi connectivity index (χ2n) is 6.17. The molecule has 1 heterocycles. The Kier molecular flexibility index (Phi) is 6.66. The number of rotatable bonds is 7. The molecule has 2 rings (SSSR count). The van der Waals surface area contributed by atoms with Crippen LogP contribution in [-0.2, 0) is 11.2 Å². The highest BCUT2D eigenvalue weighted by atomic mass is 32.2. The Morgan fingerprint density at radius 1 is 1.26 bits per heavy atom. The SMILES string of the molecule is Cc1csc(SCC(=O)N[C@@H](C)c2ccc(CC(C)C)cc2)n1. The van der Waals surface area contributed by atoms with E-state index in [1.807, 2.05) is 19.2 Å². The fraction of sp³-hybridized carbons (Fsp3) is 0.444. The maximum Gasteiger partial charge on any atom is 0.230 e. The number of carbonyl (C=O) groups excluding carboxylic acids is 1. The minimum Gasteiger partial charge on any atom is -0.349 e. The number of hydrogen-bond acceptors (Lipinski definition) is 4. The normalized spacial score (nSPS) is 12.4. The maximum absolute atomic E-state index is 12.1. The van der Waals surface area contributed by atoms with Gasteiger partial charge in [-0.3, -0.25) is 4.79 Å². The van der Waals surface area contributed by atoms with E-state index < -0.39 is 0 Å². The highest BCUT2D eigenvalue weighted by Crippen LogP contribution is 2.22. The number of nitrogens with zero attached hydrogens (tertiary/aromatic N) is 1. The van der Waals surface area contributed by atoms with Crippen molar-refractivity contribution in [3.63, 3.8) is 0 Å². The van der Waals surface area contributed by atoms with Gasteiger partial charge < -0.3 is 5.32 Å². The summed E-state index contributed by atoms with van der Waals surface area (Å²) in [5, 5.41) is 5.05. The molecule has 0 unspecified atom stereocenters. The highest BCUT2D eigenvalue weighted by molar-refractivity contribution is 8.01. The molecule has 1 aromatic carbocycles. The van der Waals surface area contributed by atoms with Crippen LogP contribution in [0.2, 0.25) is 0 Å². The van der Waals surface area contributed by atoms with Crippen LogP contribution in [0.5, 0.6) is 0 Å². The van der Waals surface area contributed by atoms with E-state index in [9.17, 15) is 4.79 Å². The van der Waals surface area contributed by atoms with Gasteiger partial charge in [-0.1, -0.05) is 49.9 Å². The first-order valence-corrected chi connectivity index (χ1v) is 9.73. The molecule has 0 saturated carbocycles. The summed E-state index contributed by atoms with van der Waals surface area (Å²) < 4.78 is 0.948. The van der Waals surface area contributed by atoms with Gasteiger partial charge in [0.1, 0.15) is 0 Å². The summed E-state index contributed by atoms with van der Waals surface area (Å²) in [7, 11) is 0. The van der Waals surface area contributed by atoms with Gasteiger partial charge in [-0.05, 0) is 37.3 Å². The standard InChI is InChI=1S/C18H24N2OS2/c1-12(2)9-15-5-7-16(8-6-15)14(4)20-17(21)11-23-18-19-13(3)10-22-18/h5-8,10,12,14H,9,11H2,1-4H3,(H,20,21)/t14-/m0/s1. The largest absolute Gasteiger partial charge is 0.349 e. The number of carbonyl (C=O) groups is 1. The Balaban J connectivity index is 1.83. The van der Waals surface area contributed by atoms with Gasteiger partial charge in [0, 0.05) is 11.1 Å². The Morgan fingerprint density at radius 2 is 1.96 bits per heavy atom. The molecule has 2 aromatic rings. The third-order valence-electron chi connectivity index (χ3n) is 3.43. The van der Waals surface area contributed by atoms with E-state index >= 15 is 0 Å². The smallest absolute Gasteiger partial charge is 0.230 e. The summed E-state index contributed by atoms with van der Waals surface area (Å²) in [6, 6.07) is 8.56. The van der Waals surface area contributed by atoms with Crippen molar-refractivity contribution in [3.05, 3.63) is 46.5 Å². The van der Waals surface area contributed by atoms with Crippen LogP contribution in [0.15, 0.2) is 34.0 Å². The first-order chi connectivity index (χ1) is 10.9. The molecule has 23 heavy (non-hydrogen) atoms. The van der Waals surface area contributed by atoms with Crippen LogP contribution in [0.1, 0.15) is 43.6 Å². The molecule has 0 aliphatic carbocycles. The molecule has 0 aliphatic heterocycles. The first kappa shape index (κ1) is 18.0. The molecule has 3 nitrogen and oxygen atoms in total. The number of thioether (sulfide) groups is 1. The minimum atomic E-state index is 0.0224. The molecule has 5 heteroatoms. The zero-order valence-corrected chi connectivity index (χ0v) is 15.8. The Hall–Kier alpha value is -1.33. The quantitative estimate of drug-likeness (QED) is 0.742. The molecule has 1 aromatic heterocycles. The van der Waals surface area contributed by atoms with Gasteiger partial charge in [0.2, 0.25) is 5.91 Å². The van der Waals surface area contributed by atoms with E-state index in [1.165, 1.54) is 17.3 Å². The van der Waals surface area contributed by atoms with Gasteiger partial charge in [-0.15, -0.1) is 11.3 Å². The van der Waals surface area contributed by atoms with Crippen molar-refractivity contribution in [3.8, 4) is 0 Å². The average Bonchev–Trinajstić information content (AvgIpc) is 2.91. The van der Waals surface area contributed by atoms with Crippen molar-refractivity contribution in [2.45, 2.75) is 44.5 Å². The average molecular weight is 349 g/mol. The van der Waals surface area contributed by atoms with Crippen LogP contribution >= 0.6 is 23.1 Å². The van der Waals surface area contributed by atoms with E-state index in [2.05, 4.69) is 48.4 Å². The highest BCUT2D eigenvalue weighted by Gasteiger charge is 2.11. The van der Waals surface area contributed by atoms with Gasteiger partial charge >= 0.3 is 0 Å². The van der Waals surface area contributed by atoms with E-state index in [-0.39, 0.29) is 11.9 Å². The van der Waals surface area contributed by atoms with Crippen LogP contribution in [0.4, 0.5) is 0 Å². The third-order valence-corrected chi connectivity index (χ3v) is 5.56. The predicted octanol–water partition coefficient (Wildman–Crippen LogP) is 4.62. The number of nitrogens with one attached hydrogen (secondary N) is 1. The number of benzene rings is 1.